The van der Waals surface area contributed by atoms with Crippen LogP contribution in [0.2, 0.25) is 0 Å². The smallest absolute Gasteiger partial charge is 0.146 e. The van der Waals surface area contributed by atoms with E-state index in [1.54, 1.807) is 6.07 Å². The van der Waals surface area contributed by atoms with Crippen LogP contribution < -0.4 is 10.6 Å². The summed E-state index contributed by atoms with van der Waals surface area (Å²) in [5.74, 6) is 0.576. The Balaban J connectivity index is 2.18. The van der Waals surface area contributed by atoms with Crippen molar-refractivity contribution in [3.63, 3.8) is 0 Å². The topological polar surface area (TPSA) is 86.2 Å². The Morgan fingerprint density at radius 3 is 2.83 bits per heavy atom. The molecular weight excluding hydrogens is 228 g/mol. The number of nitrogens with two attached hydrogens (primary N) is 1. The molecule has 2 rings (SSSR count). The molecule has 0 radical (unpaired) electrons. The highest BCUT2D eigenvalue weighted by Gasteiger charge is 2.32. The molecule has 1 aliphatic carbocycles. The third-order valence-electron chi connectivity index (χ3n) is 3.44. The zero-order valence-electron chi connectivity index (χ0n) is 10.6. The Kier molecular flexibility index (Phi) is 3.39. The van der Waals surface area contributed by atoms with Gasteiger partial charge in [-0.3, -0.25) is 0 Å². The number of rotatable bonds is 3. The van der Waals surface area contributed by atoms with Crippen LogP contribution in [-0.4, -0.2) is 29.3 Å². The van der Waals surface area contributed by atoms with Gasteiger partial charge in [-0.1, -0.05) is 12.8 Å². The van der Waals surface area contributed by atoms with Crippen LogP contribution in [0.15, 0.2) is 12.3 Å². The second kappa shape index (κ2) is 4.83. The van der Waals surface area contributed by atoms with E-state index in [0.717, 1.165) is 25.7 Å². The van der Waals surface area contributed by atoms with Gasteiger partial charge in [-0.2, -0.15) is 5.26 Å². The molecule has 1 saturated carbocycles. The molecule has 1 heterocycles. The van der Waals surface area contributed by atoms with Gasteiger partial charge in [0.05, 0.1) is 23.0 Å². The van der Waals surface area contributed by atoms with E-state index in [2.05, 4.69) is 11.1 Å². The van der Waals surface area contributed by atoms with E-state index in [1.807, 2.05) is 11.9 Å². The quantitative estimate of drug-likeness (QED) is 0.839. The number of nitriles is 1. The molecule has 0 spiro atoms. The van der Waals surface area contributed by atoms with Gasteiger partial charge in [0.2, 0.25) is 0 Å². The summed E-state index contributed by atoms with van der Waals surface area (Å²) >= 11 is 0. The first-order valence-electron chi connectivity index (χ1n) is 6.13. The molecule has 0 amide bonds. The highest BCUT2D eigenvalue weighted by molar-refractivity contribution is 5.58. The van der Waals surface area contributed by atoms with Crippen LogP contribution in [0.25, 0.3) is 0 Å². The number of aliphatic hydroxyl groups is 1. The van der Waals surface area contributed by atoms with Gasteiger partial charge >= 0.3 is 0 Å². The fourth-order valence-electron chi connectivity index (χ4n) is 2.57. The molecule has 0 aromatic carbocycles. The van der Waals surface area contributed by atoms with Crippen LogP contribution in [0.1, 0.15) is 31.2 Å². The van der Waals surface area contributed by atoms with E-state index in [4.69, 9.17) is 11.0 Å². The van der Waals surface area contributed by atoms with Crippen molar-refractivity contribution < 1.29 is 5.11 Å². The summed E-state index contributed by atoms with van der Waals surface area (Å²) in [6.45, 7) is 0.499. The standard InChI is InChI=1S/C13H18N4O/c1-17(9-13(18)4-2-3-5-13)12-10(7-14)6-11(15)8-16-12/h6,8,18H,2-5,9,15H2,1H3. The molecule has 0 atom stereocenters. The van der Waals surface area contributed by atoms with Crippen LogP contribution in [-0.2, 0) is 0 Å². The molecule has 0 bridgehead atoms. The molecule has 1 aromatic heterocycles. The number of nitrogen functional groups attached to an aromatic ring is 1. The van der Waals surface area contributed by atoms with Crippen molar-refractivity contribution >= 4 is 11.5 Å². The first-order chi connectivity index (χ1) is 8.54. The van der Waals surface area contributed by atoms with Crippen molar-refractivity contribution in [2.75, 3.05) is 24.2 Å². The van der Waals surface area contributed by atoms with Gasteiger partial charge in [-0.25, -0.2) is 4.98 Å². The number of hydrogen-bond donors (Lipinski definition) is 2. The highest BCUT2D eigenvalue weighted by atomic mass is 16.3. The van der Waals surface area contributed by atoms with Gasteiger partial charge in [-0.05, 0) is 18.9 Å². The third-order valence-corrected chi connectivity index (χ3v) is 3.44. The van der Waals surface area contributed by atoms with Gasteiger partial charge in [0.15, 0.2) is 0 Å². The molecule has 1 aliphatic rings. The summed E-state index contributed by atoms with van der Waals surface area (Å²) in [4.78, 5) is 6.03. The van der Waals surface area contributed by atoms with Crippen LogP contribution >= 0.6 is 0 Å². The molecule has 5 heteroatoms. The van der Waals surface area contributed by atoms with Crippen molar-refractivity contribution in [1.29, 1.82) is 5.26 Å². The maximum atomic E-state index is 10.4. The Morgan fingerprint density at radius 1 is 1.56 bits per heavy atom. The lowest BCUT2D eigenvalue weighted by Crippen LogP contribution is -2.39. The average Bonchev–Trinajstić information content (AvgIpc) is 2.75. The number of pyridine rings is 1. The summed E-state index contributed by atoms with van der Waals surface area (Å²) in [6.07, 6.45) is 5.28. The van der Waals surface area contributed by atoms with E-state index in [0.29, 0.717) is 23.6 Å². The Morgan fingerprint density at radius 2 is 2.22 bits per heavy atom. The second-order valence-electron chi connectivity index (χ2n) is 5.04. The minimum absolute atomic E-state index is 0.444. The molecule has 1 fully saturated rings. The van der Waals surface area contributed by atoms with Crippen molar-refractivity contribution in [3.8, 4) is 6.07 Å². The first kappa shape index (κ1) is 12.7. The monoisotopic (exact) mass is 246 g/mol. The largest absolute Gasteiger partial charge is 0.397 e. The van der Waals surface area contributed by atoms with Gasteiger partial charge in [0.25, 0.3) is 0 Å². The molecule has 0 aliphatic heterocycles. The Labute approximate surface area is 107 Å². The number of likely N-dealkylation sites (N-methyl/N-ethyl adjacent to an activating group) is 1. The molecule has 18 heavy (non-hydrogen) atoms. The molecule has 0 saturated heterocycles. The van der Waals surface area contributed by atoms with Crippen molar-refractivity contribution in [1.82, 2.24) is 4.98 Å². The van der Waals surface area contributed by atoms with Crippen molar-refractivity contribution in [3.05, 3.63) is 17.8 Å². The van der Waals surface area contributed by atoms with Gasteiger partial charge in [0.1, 0.15) is 11.9 Å². The van der Waals surface area contributed by atoms with Crippen molar-refractivity contribution in [2.45, 2.75) is 31.3 Å². The summed E-state index contributed by atoms with van der Waals surface area (Å²) in [5.41, 5.74) is 5.88. The normalized spacial score (nSPS) is 17.4. The summed E-state index contributed by atoms with van der Waals surface area (Å²) in [6, 6.07) is 3.70. The van der Waals surface area contributed by atoms with E-state index in [1.165, 1.54) is 6.20 Å². The fourth-order valence-corrected chi connectivity index (χ4v) is 2.57. The van der Waals surface area contributed by atoms with Crippen LogP contribution in [0.3, 0.4) is 0 Å². The molecule has 3 N–H and O–H groups in total. The van der Waals surface area contributed by atoms with Gasteiger partial charge in [-0.15, -0.1) is 0 Å². The van der Waals surface area contributed by atoms with E-state index in [-0.39, 0.29) is 0 Å². The number of anilines is 2. The zero-order valence-corrected chi connectivity index (χ0v) is 10.6. The lowest BCUT2D eigenvalue weighted by molar-refractivity contribution is 0.0558. The Hall–Kier alpha value is -1.80. The molecule has 96 valence electrons. The van der Waals surface area contributed by atoms with E-state index in [9.17, 15) is 5.11 Å². The van der Waals surface area contributed by atoms with E-state index < -0.39 is 5.60 Å². The van der Waals surface area contributed by atoms with Crippen LogP contribution in [0.5, 0.6) is 0 Å². The first-order valence-corrected chi connectivity index (χ1v) is 6.13. The minimum atomic E-state index is -0.648. The van der Waals surface area contributed by atoms with Crippen molar-refractivity contribution in [2.24, 2.45) is 0 Å². The average molecular weight is 246 g/mol. The predicted octanol–water partition coefficient (Wildman–Crippen LogP) is 1.28. The third kappa shape index (κ3) is 2.54. The summed E-state index contributed by atoms with van der Waals surface area (Å²) in [5, 5.41) is 19.4. The number of nitrogens with zero attached hydrogens (tertiary/aromatic N) is 3. The fraction of sp³-hybridized carbons (Fsp3) is 0.538. The number of aromatic nitrogens is 1. The van der Waals surface area contributed by atoms with Gasteiger partial charge in [0, 0.05) is 13.6 Å². The summed E-state index contributed by atoms with van der Waals surface area (Å²) in [7, 11) is 1.84. The molecular formula is C13H18N4O. The van der Waals surface area contributed by atoms with Gasteiger partial charge < -0.3 is 15.7 Å². The Bertz CT molecular complexity index is 474. The molecule has 1 aromatic rings. The lowest BCUT2D eigenvalue weighted by Gasteiger charge is -2.29. The number of hydrogen-bond acceptors (Lipinski definition) is 5. The summed E-state index contributed by atoms with van der Waals surface area (Å²) < 4.78 is 0. The maximum Gasteiger partial charge on any atom is 0.146 e. The minimum Gasteiger partial charge on any atom is -0.397 e. The SMILES string of the molecule is CN(CC1(O)CCCC1)c1ncc(N)cc1C#N. The maximum absolute atomic E-state index is 10.4. The van der Waals surface area contributed by atoms with E-state index >= 15 is 0 Å². The highest BCUT2D eigenvalue weighted by Crippen LogP contribution is 2.31. The molecule has 5 nitrogen and oxygen atoms in total. The predicted molar refractivity (Wildman–Crippen MR) is 70.1 cm³/mol. The second-order valence-corrected chi connectivity index (χ2v) is 5.04. The van der Waals surface area contributed by atoms with Crippen LogP contribution in [0.4, 0.5) is 11.5 Å². The lowest BCUT2D eigenvalue weighted by atomic mass is 10.0. The zero-order chi connectivity index (χ0) is 13.2. The molecule has 0 unspecified atom stereocenters. The van der Waals surface area contributed by atoms with Crippen LogP contribution in [0, 0.1) is 11.3 Å².